The smallest absolute Gasteiger partial charge is 0.0297 e. The molecule has 0 aromatic carbocycles. The number of fused-ring (bicyclic) bond motifs is 2. The van der Waals surface area contributed by atoms with Crippen LogP contribution in [0.2, 0.25) is 0 Å². The zero-order valence-corrected chi connectivity index (χ0v) is 9.85. The first-order valence-corrected chi connectivity index (χ1v) is 5.82. The number of rotatable bonds is 0. The van der Waals surface area contributed by atoms with Crippen LogP contribution in [0, 0.1) is 28.6 Å². The summed E-state index contributed by atoms with van der Waals surface area (Å²) in [5.41, 5.74) is 1.23. The monoisotopic (exact) mass is 180 g/mol. The minimum Gasteiger partial charge on any atom is -0.0599 e. The predicted molar refractivity (Wildman–Crippen MR) is 57.6 cm³/mol. The molecule has 2 unspecified atom stereocenters. The van der Waals surface area contributed by atoms with E-state index in [1.54, 1.807) is 0 Å². The molecular weight excluding hydrogens is 156 g/mol. The van der Waals surface area contributed by atoms with Crippen molar-refractivity contribution in [2.45, 2.75) is 53.9 Å². The molecule has 0 aromatic heterocycles. The van der Waals surface area contributed by atoms with E-state index in [9.17, 15) is 0 Å². The van der Waals surface area contributed by atoms with E-state index in [2.05, 4.69) is 34.6 Å². The first kappa shape index (κ1) is 9.55. The Labute approximate surface area is 83.1 Å². The van der Waals surface area contributed by atoms with E-state index >= 15 is 0 Å². The molecule has 0 heteroatoms. The van der Waals surface area contributed by atoms with Gasteiger partial charge in [-0.05, 0) is 47.8 Å². The molecule has 3 fully saturated rings. The fourth-order valence-corrected chi connectivity index (χ4v) is 3.41. The Balaban J connectivity index is 2.05. The molecule has 0 aliphatic heterocycles. The van der Waals surface area contributed by atoms with Gasteiger partial charge in [0.15, 0.2) is 0 Å². The Hall–Kier alpha value is 0. The van der Waals surface area contributed by atoms with Gasteiger partial charge in [-0.3, -0.25) is 0 Å². The highest BCUT2D eigenvalue weighted by atomic mass is 14.6. The van der Waals surface area contributed by atoms with E-state index in [0.717, 1.165) is 17.8 Å². The van der Waals surface area contributed by atoms with Crippen LogP contribution in [0.3, 0.4) is 0 Å². The molecule has 0 amide bonds. The van der Waals surface area contributed by atoms with Crippen molar-refractivity contribution in [1.82, 2.24) is 0 Å². The lowest BCUT2D eigenvalue weighted by molar-refractivity contribution is -0.111. The first-order valence-electron chi connectivity index (χ1n) is 5.82. The van der Waals surface area contributed by atoms with Crippen LogP contribution in [0.5, 0.6) is 0 Å². The maximum atomic E-state index is 2.48. The fraction of sp³-hybridized carbons (Fsp3) is 1.00. The van der Waals surface area contributed by atoms with Crippen LogP contribution in [0.1, 0.15) is 53.9 Å². The molecule has 3 aliphatic rings. The molecule has 0 nitrogen and oxygen atoms in total. The van der Waals surface area contributed by atoms with Crippen molar-refractivity contribution in [2.75, 3.05) is 0 Å². The van der Waals surface area contributed by atoms with Gasteiger partial charge < -0.3 is 0 Å². The maximum Gasteiger partial charge on any atom is -0.0297 e. The zero-order chi connectivity index (χ0) is 9.85. The van der Waals surface area contributed by atoms with Gasteiger partial charge >= 0.3 is 0 Å². The standard InChI is InChI=1S/C13H24/c1-12(2,3)9-6-10-8-11(7-9)13(10,4)5/h9-11H,6-8H2,1-5H3. The summed E-state index contributed by atoms with van der Waals surface area (Å²) in [6.07, 6.45) is 4.51. The third-order valence-electron chi connectivity index (χ3n) is 5.04. The molecule has 3 rings (SSSR count). The van der Waals surface area contributed by atoms with Crippen molar-refractivity contribution in [3.63, 3.8) is 0 Å². The van der Waals surface area contributed by atoms with Crippen LogP contribution in [-0.2, 0) is 0 Å². The van der Waals surface area contributed by atoms with Crippen molar-refractivity contribution in [3.8, 4) is 0 Å². The lowest BCUT2D eigenvalue weighted by Crippen LogP contribution is -2.52. The van der Waals surface area contributed by atoms with Gasteiger partial charge in [-0.2, -0.15) is 0 Å². The molecule has 2 atom stereocenters. The van der Waals surface area contributed by atoms with Crippen molar-refractivity contribution >= 4 is 0 Å². The number of hydrogen-bond acceptors (Lipinski definition) is 0. The summed E-state index contributed by atoms with van der Waals surface area (Å²) in [6.45, 7) is 12.2. The van der Waals surface area contributed by atoms with Gasteiger partial charge in [0, 0.05) is 0 Å². The molecule has 76 valence electrons. The maximum absolute atomic E-state index is 2.48. The van der Waals surface area contributed by atoms with Crippen molar-refractivity contribution < 1.29 is 0 Å². The largest absolute Gasteiger partial charge is 0.0599 e. The average molecular weight is 180 g/mol. The third kappa shape index (κ3) is 1.33. The molecule has 2 bridgehead atoms. The topological polar surface area (TPSA) is 0 Å². The van der Waals surface area contributed by atoms with E-state index in [1.165, 1.54) is 19.3 Å². The van der Waals surface area contributed by atoms with Crippen LogP contribution < -0.4 is 0 Å². The quantitative estimate of drug-likeness (QED) is 0.526. The molecule has 0 N–H and O–H groups in total. The third-order valence-corrected chi connectivity index (χ3v) is 5.04. The molecule has 0 heterocycles. The first-order chi connectivity index (χ1) is 5.82. The lowest BCUT2D eigenvalue weighted by Gasteiger charge is -2.61. The number of hydrogen-bond donors (Lipinski definition) is 0. The van der Waals surface area contributed by atoms with Crippen molar-refractivity contribution in [3.05, 3.63) is 0 Å². The zero-order valence-electron chi connectivity index (χ0n) is 9.85. The van der Waals surface area contributed by atoms with Crippen LogP contribution in [-0.4, -0.2) is 0 Å². The highest BCUT2D eigenvalue weighted by molar-refractivity contribution is 5.03. The van der Waals surface area contributed by atoms with E-state index in [0.29, 0.717) is 10.8 Å². The van der Waals surface area contributed by atoms with E-state index in [4.69, 9.17) is 0 Å². The minimum atomic E-state index is 0.549. The van der Waals surface area contributed by atoms with Crippen LogP contribution >= 0.6 is 0 Å². The molecule has 0 radical (unpaired) electrons. The molecule has 0 spiro atoms. The van der Waals surface area contributed by atoms with Crippen molar-refractivity contribution in [1.29, 1.82) is 0 Å². The van der Waals surface area contributed by atoms with Gasteiger partial charge in [0.05, 0.1) is 0 Å². The Kier molecular flexibility index (Phi) is 1.85. The second kappa shape index (κ2) is 2.52. The van der Waals surface area contributed by atoms with Crippen LogP contribution in [0.25, 0.3) is 0 Å². The molecular formula is C13H24. The normalized spacial score (nSPS) is 42.7. The molecule has 13 heavy (non-hydrogen) atoms. The summed E-state index contributed by atoms with van der Waals surface area (Å²) in [4.78, 5) is 0. The minimum absolute atomic E-state index is 0.549. The Morgan fingerprint density at radius 1 is 0.923 bits per heavy atom. The average Bonchev–Trinajstić information content (AvgIpc) is 2.03. The summed E-state index contributed by atoms with van der Waals surface area (Å²) in [5, 5.41) is 0. The van der Waals surface area contributed by atoms with Gasteiger partial charge in [0.1, 0.15) is 0 Å². The van der Waals surface area contributed by atoms with Crippen LogP contribution in [0.4, 0.5) is 0 Å². The summed E-state index contributed by atoms with van der Waals surface area (Å²) in [5.74, 6) is 3.07. The SMILES string of the molecule is CC(C)(C)C1CC2CC(C1)C2(C)C. The van der Waals surface area contributed by atoms with Gasteiger partial charge in [-0.1, -0.05) is 34.6 Å². The van der Waals surface area contributed by atoms with E-state index in [-0.39, 0.29) is 0 Å². The van der Waals surface area contributed by atoms with Gasteiger partial charge in [0.25, 0.3) is 0 Å². The Bertz CT molecular complexity index is 193. The second-order valence-electron chi connectivity index (χ2n) is 6.99. The highest BCUT2D eigenvalue weighted by Gasteiger charge is 2.54. The Morgan fingerprint density at radius 2 is 1.38 bits per heavy atom. The van der Waals surface area contributed by atoms with E-state index in [1.807, 2.05) is 0 Å². The fourth-order valence-electron chi connectivity index (χ4n) is 3.41. The second-order valence-corrected chi connectivity index (χ2v) is 6.99. The van der Waals surface area contributed by atoms with Gasteiger partial charge in [-0.25, -0.2) is 0 Å². The summed E-state index contributed by atoms with van der Waals surface area (Å²) < 4.78 is 0. The van der Waals surface area contributed by atoms with Crippen molar-refractivity contribution in [2.24, 2.45) is 28.6 Å². The molecule has 3 saturated carbocycles. The molecule has 0 aromatic rings. The van der Waals surface area contributed by atoms with E-state index < -0.39 is 0 Å². The van der Waals surface area contributed by atoms with Gasteiger partial charge in [-0.15, -0.1) is 0 Å². The summed E-state index contributed by atoms with van der Waals surface area (Å²) >= 11 is 0. The molecule has 3 aliphatic carbocycles. The van der Waals surface area contributed by atoms with Gasteiger partial charge in [0.2, 0.25) is 0 Å². The van der Waals surface area contributed by atoms with Crippen LogP contribution in [0.15, 0.2) is 0 Å². The Morgan fingerprint density at radius 3 is 1.69 bits per heavy atom. The summed E-state index contributed by atoms with van der Waals surface area (Å²) in [6, 6.07) is 0. The highest BCUT2D eigenvalue weighted by Crippen LogP contribution is 2.62. The summed E-state index contributed by atoms with van der Waals surface area (Å²) in [7, 11) is 0. The lowest BCUT2D eigenvalue weighted by atomic mass is 9.44. The predicted octanol–water partition coefficient (Wildman–Crippen LogP) is 4.10. The molecule has 0 saturated heterocycles.